The summed E-state index contributed by atoms with van der Waals surface area (Å²) in [5.74, 6) is 0.817. The first-order valence-corrected chi connectivity index (χ1v) is 5.01. The molecule has 5 nitrogen and oxygen atoms in total. The fourth-order valence-electron chi connectivity index (χ4n) is 1.60. The average Bonchev–Trinajstić information content (AvgIpc) is 2.41. The number of nitrogens with one attached hydrogen (secondary N) is 1. The zero-order valence-corrected chi connectivity index (χ0v) is 9.20. The molecule has 0 unspecified atom stereocenters. The molecule has 0 aliphatic carbocycles. The Bertz CT molecular complexity index is 382. The highest BCUT2D eigenvalue weighted by molar-refractivity contribution is 5.92. The first-order chi connectivity index (χ1) is 7.09. The maximum atomic E-state index is 12.0. The van der Waals surface area contributed by atoms with Gasteiger partial charge >= 0.3 is 0 Å². The van der Waals surface area contributed by atoms with Crippen LogP contribution in [0.3, 0.4) is 0 Å². The van der Waals surface area contributed by atoms with E-state index >= 15 is 0 Å². The number of hydrogen-bond acceptors (Lipinski definition) is 4. The van der Waals surface area contributed by atoms with E-state index in [1.54, 1.807) is 25.8 Å². The molecule has 1 aromatic rings. The molecule has 2 heterocycles. The van der Waals surface area contributed by atoms with Gasteiger partial charge in [0.25, 0.3) is 5.91 Å². The van der Waals surface area contributed by atoms with E-state index in [-0.39, 0.29) is 11.9 Å². The Morgan fingerprint density at radius 3 is 2.60 bits per heavy atom. The SMILES string of the molecule is Cc1nc(C)c(C(=O)N(C)C2CNC2)o1. The summed E-state index contributed by atoms with van der Waals surface area (Å²) in [5, 5.41) is 3.13. The van der Waals surface area contributed by atoms with E-state index in [0.29, 0.717) is 17.3 Å². The van der Waals surface area contributed by atoms with Gasteiger partial charge in [-0.3, -0.25) is 4.79 Å². The highest BCUT2D eigenvalue weighted by atomic mass is 16.4. The van der Waals surface area contributed by atoms with Crippen LogP contribution in [0.15, 0.2) is 4.42 Å². The van der Waals surface area contributed by atoms with Gasteiger partial charge in [-0.2, -0.15) is 0 Å². The largest absolute Gasteiger partial charge is 0.436 e. The second-order valence-corrected chi connectivity index (χ2v) is 3.88. The number of oxazole rings is 1. The molecule has 1 aliphatic heterocycles. The summed E-state index contributed by atoms with van der Waals surface area (Å²) in [4.78, 5) is 17.8. The second-order valence-electron chi connectivity index (χ2n) is 3.88. The van der Waals surface area contributed by atoms with Crippen LogP contribution in [0.5, 0.6) is 0 Å². The molecule has 82 valence electrons. The Kier molecular flexibility index (Phi) is 2.48. The minimum absolute atomic E-state index is 0.0837. The van der Waals surface area contributed by atoms with Gasteiger partial charge < -0.3 is 14.6 Å². The van der Waals surface area contributed by atoms with Crippen molar-refractivity contribution in [2.24, 2.45) is 0 Å². The van der Waals surface area contributed by atoms with E-state index < -0.39 is 0 Å². The molecule has 0 aromatic carbocycles. The summed E-state index contributed by atoms with van der Waals surface area (Å²) in [6.45, 7) is 5.24. The monoisotopic (exact) mass is 209 g/mol. The van der Waals surface area contributed by atoms with Crippen molar-refractivity contribution >= 4 is 5.91 Å². The zero-order valence-electron chi connectivity index (χ0n) is 9.20. The lowest BCUT2D eigenvalue weighted by Crippen LogP contribution is -2.57. The minimum Gasteiger partial charge on any atom is -0.436 e. The molecule has 1 aliphatic rings. The van der Waals surface area contributed by atoms with Crippen molar-refractivity contribution < 1.29 is 9.21 Å². The third-order valence-electron chi connectivity index (χ3n) is 2.73. The molecular formula is C10H15N3O2. The molecule has 1 aromatic heterocycles. The lowest BCUT2D eigenvalue weighted by Gasteiger charge is -2.35. The molecule has 0 saturated carbocycles. The van der Waals surface area contributed by atoms with Crippen molar-refractivity contribution in [3.05, 3.63) is 17.3 Å². The van der Waals surface area contributed by atoms with E-state index in [9.17, 15) is 4.79 Å². The van der Waals surface area contributed by atoms with Gasteiger partial charge in [0.05, 0.1) is 11.7 Å². The molecule has 0 spiro atoms. The lowest BCUT2D eigenvalue weighted by atomic mass is 10.1. The molecule has 0 radical (unpaired) electrons. The normalized spacial score (nSPS) is 16.2. The van der Waals surface area contributed by atoms with E-state index in [0.717, 1.165) is 13.1 Å². The Hall–Kier alpha value is -1.36. The third-order valence-corrected chi connectivity index (χ3v) is 2.73. The zero-order chi connectivity index (χ0) is 11.0. The van der Waals surface area contributed by atoms with Crippen LogP contribution >= 0.6 is 0 Å². The van der Waals surface area contributed by atoms with Crippen LogP contribution in [0.1, 0.15) is 22.1 Å². The van der Waals surface area contributed by atoms with Gasteiger partial charge in [0.2, 0.25) is 5.76 Å². The number of carbonyl (C=O) groups is 1. The van der Waals surface area contributed by atoms with Crippen LogP contribution < -0.4 is 5.32 Å². The van der Waals surface area contributed by atoms with Gasteiger partial charge in [-0.25, -0.2) is 4.98 Å². The molecule has 1 amide bonds. The summed E-state index contributed by atoms with van der Waals surface area (Å²) in [5.41, 5.74) is 0.664. The van der Waals surface area contributed by atoms with Crippen LogP contribution in [-0.2, 0) is 0 Å². The van der Waals surface area contributed by atoms with Gasteiger partial charge in [0.1, 0.15) is 0 Å². The van der Waals surface area contributed by atoms with Crippen molar-refractivity contribution in [3.8, 4) is 0 Å². The first-order valence-electron chi connectivity index (χ1n) is 5.01. The maximum absolute atomic E-state index is 12.0. The number of hydrogen-bond donors (Lipinski definition) is 1. The summed E-state index contributed by atoms with van der Waals surface area (Å²) in [6.07, 6.45) is 0. The summed E-state index contributed by atoms with van der Waals surface area (Å²) >= 11 is 0. The quantitative estimate of drug-likeness (QED) is 0.762. The van der Waals surface area contributed by atoms with Gasteiger partial charge in [0, 0.05) is 27.1 Å². The van der Waals surface area contributed by atoms with Crippen LogP contribution in [0.25, 0.3) is 0 Å². The summed E-state index contributed by atoms with van der Waals surface area (Å²) in [6, 6.07) is 0.280. The van der Waals surface area contributed by atoms with Crippen molar-refractivity contribution in [1.29, 1.82) is 0 Å². The third kappa shape index (κ3) is 1.74. The van der Waals surface area contributed by atoms with Gasteiger partial charge in [0.15, 0.2) is 5.89 Å². The van der Waals surface area contributed by atoms with Crippen LogP contribution in [-0.4, -0.2) is 42.0 Å². The minimum atomic E-state index is -0.0837. The molecule has 0 atom stereocenters. The fraction of sp³-hybridized carbons (Fsp3) is 0.600. The Balaban J connectivity index is 2.15. The second kappa shape index (κ2) is 3.66. The lowest BCUT2D eigenvalue weighted by molar-refractivity contribution is 0.0646. The number of nitrogens with zero attached hydrogens (tertiary/aromatic N) is 2. The standard InChI is InChI=1S/C10H15N3O2/c1-6-9(15-7(2)12-6)10(14)13(3)8-4-11-5-8/h8,11H,4-5H2,1-3H3. The topological polar surface area (TPSA) is 58.4 Å². The summed E-state index contributed by atoms with van der Waals surface area (Å²) in [7, 11) is 1.80. The molecule has 5 heteroatoms. The van der Waals surface area contributed by atoms with Crippen molar-refractivity contribution in [2.75, 3.05) is 20.1 Å². The molecule has 15 heavy (non-hydrogen) atoms. The number of likely N-dealkylation sites (N-methyl/N-ethyl adjacent to an activating group) is 1. The predicted molar refractivity (Wildman–Crippen MR) is 54.7 cm³/mol. The van der Waals surface area contributed by atoms with E-state index in [2.05, 4.69) is 10.3 Å². The maximum Gasteiger partial charge on any atom is 0.291 e. The predicted octanol–water partition coefficient (Wildman–Crippen LogP) is 0.335. The summed E-state index contributed by atoms with van der Waals surface area (Å²) < 4.78 is 5.29. The van der Waals surface area contributed by atoms with Crippen molar-refractivity contribution in [2.45, 2.75) is 19.9 Å². The van der Waals surface area contributed by atoms with Gasteiger partial charge in [-0.05, 0) is 6.92 Å². The highest BCUT2D eigenvalue weighted by Crippen LogP contribution is 2.14. The number of rotatable bonds is 2. The smallest absolute Gasteiger partial charge is 0.291 e. The van der Waals surface area contributed by atoms with Gasteiger partial charge in [-0.15, -0.1) is 0 Å². The molecule has 1 fully saturated rings. The Morgan fingerprint density at radius 1 is 1.53 bits per heavy atom. The van der Waals surface area contributed by atoms with E-state index in [4.69, 9.17) is 4.42 Å². The van der Waals surface area contributed by atoms with Gasteiger partial charge in [-0.1, -0.05) is 0 Å². The Morgan fingerprint density at radius 2 is 2.20 bits per heavy atom. The number of amides is 1. The molecular weight excluding hydrogens is 194 g/mol. The van der Waals surface area contributed by atoms with E-state index in [1.165, 1.54) is 0 Å². The number of aryl methyl sites for hydroxylation is 2. The molecule has 0 bridgehead atoms. The highest BCUT2D eigenvalue weighted by Gasteiger charge is 2.29. The van der Waals surface area contributed by atoms with Crippen molar-refractivity contribution in [3.63, 3.8) is 0 Å². The Labute approximate surface area is 88.5 Å². The molecule has 1 N–H and O–H groups in total. The fourth-order valence-corrected chi connectivity index (χ4v) is 1.60. The average molecular weight is 209 g/mol. The van der Waals surface area contributed by atoms with Crippen LogP contribution in [0.2, 0.25) is 0 Å². The van der Waals surface area contributed by atoms with Crippen LogP contribution in [0.4, 0.5) is 0 Å². The first kappa shape index (κ1) is 10.2. The molecule has 1 saturated heterocycles. The number of carbonyl (C=O) groups excluding carboxylic acids is 1. The molecule has 2 rings (SSSR count). The van der Waals surface area contributed by atoms with Crippen molar-refractivity contribution in [1.82, 2.24) is 15.2 Å². The van der Waals surface area contributed by atoms with E-state index in [1.807, 2.05) is 0 Å². The number of aromatic nitrogens is 1. The van der Waals surface area contributed by atoms with Crippen LogP contribution in [0, 0.1) is 13.8 Å².